The highest BCUT2D eigenvalue weighted by Crippen LogP contribution is 2.14. The van der Waals surface area contributed by atoms with Crippen molar-refractivity contribution in [2.45, 2.75) is 32.9 Å². The van der Waals surface area contributed by atoms with E-state index >= 15 is 0 Å². The summed E-state index contributed by atoms with van der Waals surface area (Å²) in [5.41, 5.74) is 3.64. The fourth-order valence-electron chi connectivity index (χ4n) is 1.89. The van der Waals surface area contributed by atoms with E-state index in [1.165, 1.54) is 11.1 Å². The standard InChI is InChI=1S/C14H20N4/c1-4-12-5-7-13(8-6-12)11(2)15-9-14-10-18(3)17-16-14/h5-8,10-11,15H,4,9H2,1-3H3. The molecule has 0 aliphatic heterocycles. The van der Waals surface area contributed by atoms with Gasteiger partial charge in [-0.25, -0.2) is 0 Å². The Morgan fingerprint density at radius 2 is 2.00 bits per heavy atom. The molecule has 1 aromatic heterocycles. The Morgan fingerprint density at radius 1 is 1.28 bits per heavy atom. The zero-order valence-corrected chi connectivity index (χ0v) is 11.2. The van der Waals surface area contributed by atoms with Gasteiger partial charge in [-0.1, -0.05) is 36.4 Å². The lowest BCUT2D eigenvalue weighted by Gasteiger charge is -2.13. The van der Waals surface area contributed by atoms with Crippen molar-refractivity contribution in [2.24, 2.45) is 7.05 Å². The van der Waals surface area contributed by atoms with E-state index in [9.17, 15) is 0 Å². The number of nitrogens with zero attached hydrogens (tertiary/aromatic N) is 3. The van der Waals surface area contributed by atoms with E-state index in [1.807, 2.05) is 13.2 Å². The second-order valence-electron chi connectivity index (χ2n) is 4.58. The van der Waals surface area contributed by atoms with E-state index in [2.05, 4.69) is 53.7 Å². The van der Waals surface area contributed by atoms with Gasteiger partial charge in [-0.2, -0.15) is 0 Å². The van der Waals surface area contributed by atoms with Gasteiger partial charge in [-0.15, -0.1) is 5.10 Å². The summed E-state index contributed by atoms with van der Waals surface area (Å²) in [5, 5.41) is 11.4. The van der Waals surface area contributed by atoms with Crippen LogP contribution in [0.4, 0.5) is 0 Å². The van der Waals surface area contributed by atoms with Gasteiger partial charge < -0.3 is 5.32 Å². The van der Waals surface area contributed by atoms with Crippen molar-refractivity contribution in [1.82, 2.24) is 20.3 Å². The van der Waals surface area contributed by atoms with Crippen LogP contribution >= 0.6 is 0 Å². The molecule has 0 amide bonds. The Balaban J connectivity index is 1.92. The van der Waals surface area contributed by atoms with E-state index in [0.717, 1.165) is 18.7 Å². The minimum atomic E-state index is 0.318. The molecular weight excluding hydrogens is 224 g/mol. The van der Waals surface area contributed by atoms with Gasteiger partial charge in [0.1, 0.15) is 0 Å². The lowest BCUT2D eigenvalue weighted by molar-refractivity contribution is 0.567. The van der Waals surface area contributed by atoms with Crippen molar-refractivity contribution in [3.63, 3.8) is 0 Å². The summed E-state index contributed by atoms with van der Waals surface area (Å²) in [7, 11) is 1.88. The molecule has 1 N–H and O–H groups in total. The molecule has 2 rings (SSSR count). The number of hydrogen-bond donors (Lipinski definition) is 1. The van der Waals surface area contributed by atoms with Gasteiger partial charge in [-0.3, -0.25) is 4.68 Å². The smallest absolute Gasteiger partial charge is 0.0964 e. The number of aromatic nitrogens is 3. The topological polar surface area (TPSA) is 42.7 Å². The van der Waals surface area contributed by atoms with Crippen molar-refractivity contribution in [3.8, 4) is 0 Å². The van der Waals surface area contributed by atoms with E-state index in [-0.39, 0.29) is 0 Å². The molecule has 0 aliphatic carbocycles. The lowest BCUT2D eigenvalue weighted by atomic mass is 10.1. The average Bonchev–Trinajstić information content (AvgIpc) is 2.82. The van der Waals surface area contributed by atoms with E-state index in [1.54, 1.807) is 4.68 Å². The lowest BCUT2D eigenvalue weighted by Crippen LogP contribution is -2.18. The zero-order chi connectivity index (χ0) is 13.0. The molecule has 4 heteroatoms. The first-order valence-electron chi connectivity index (χ1n) is 6.36. The Morgan fingerprint density at radius 3 is 2.56 bits per heavy atom. The van der Waals surface area contributed by atoms with Crippen LogP contribution in [0.1, 0.15) is 36.7 Å². The van der Waals surface area contributed by atoms with Crippen LogP contribution in [0, 0.1) is 0 Å². The summed E-state index contributed by atoms with van der Waals surface area (Å²) in [4.78, 5) is 0. The molecule has 2 aromatic rings. The normalized spacial score (nSPS) is 12.6. The fraction of sp³-hybridized carbons (Fsp3) is 0.429. The first-order chi connectivity index (χ1) is 8.69. The second kappa shape index (κ2) is 5.78. The molecule has 0 radical (unpaired) electrons. The Labute approximate surface area is 108 Å². The van der Waals surface area contributed by atoms with E-state index in [4.69, 9.17) is 0 Å². The maximum Gasteiger partial charge on any atom is 0.0964 e. The minimum Gasteiger partial charge on any atom is -0.304 e. The van der Waals surface area contributed by atoms with Gasteiger partial charge in [0.25, 0.3) is 0 Å². The van der Waals surface area contributed by atoms with Crippen LogP contribution in [-0.4, -0.2) is 15.0 Å². The summed E-state index contributed by atoms with van der Waals surface area (Å²) in [6, 6.07) is 9.07. The van der Waals surface area contributed by atoms with Crippen molar-refractivity contribution < 1.29 is 0 Å². The minimum absolute atomic E-state index is 0.318. The van der Waals surface area contributed by atoms with Crippen LogP contribution in [0.3, 0.4) is 0 Å². The molecule has 0 bridgehead atoms. The molecule has 96 valence electrons. The van der Waals surface area contributed by atoms with Crippen LogP contribution in [0.15, 0.2) is 30.5 Å². The second-order valence-corrected chi connectivity index (χ2v) is 4.58. The van der Waals surface area contributed by atoms with Crippen LogP contribution in [-0.2, 0) is 20.0 Å². The Bertz CT molecular complexity index is 487. The van der Waals surface area contributed by atoms with Gasteiger partial charge in [-0.05, 0) is 24.5 Å². The molecule has 1 unspecified atom stereocenters. The molecule has 0 spiro atoms. The molecule has 1 aromatic carbocycles. The predicted molar refractivity (Wildman–Crippen MR) is 72.1 cm³/mol. The third kappa shape index (κ3) is 3.17. The Kier molecular flexibility index (Phi) is 4.10. The van der Waals surface area contributed by atoms with Crippen LogP contribution < -0.4 is 5.32 Å². The number of benzene rings is 1. The number of hydrogen-bond acceptors (Lipinski definition) is 3. The molecule has 18 heavy (non-hydrogen) atoms. The molecule has 0 saturated carbocycles. The first-order valence-corrected chi connectivity index (χ1v) is 6.36. The highest BCUT2D eigenvalue weighted by Gasteiger charge is 2.06. The highest BCUT2D eigenvalue weighted by atomic mass is 15.4. The van der Waals surface area contributed by atoms with Crippen LogP contribution in [0.2, 0.25) is 0 Å². The molecule has 4 nitrogen and oxygen atoms in total. The third-order valence-corrected chi connectivity index (χ3v) is 3.13. The molecule has 0 aliphatic rings. The molecular formula is C14H20N4. The Hall–Kier alpha value is -1.68. The maximum atomic E-state index is 4.06. The van der Waals surface area contributed by atoms with Crippen LogP contribution in [0.5, 0.6) is 0 Å². The fourth-order valence-corrected chi connectivity index (χ4v) is 1.89. The predicted octanol–water partition coefficient (Wildman–Crippen LogP) is 2.23. The van der Waals surface area contributed by atoms with Crippen LogP contribution in [0.25, 0.3) is 0 Å². The number of aryl methyl sites for hydroxylation is 2. The maximum absolute atomic E-state index is 4.06. The molecule has 0 saturated heterocycles. The number of rotatable bonds is 5. The van der Waals surface area contributed by atoms with E-state index < -0.39 is 0 Å². The SMILES string of the molecule is CCc1ccc(C(C)NCc2cn(C)nn2)cc1. The van der Waals surface area contributed by atoms with Gasteiger partial charge in [0.2, 0.25) is 0 Å². The molecule has 0 fully saturated rings. The highest BCUT2D eigenvalue weighted by molar-refractivity contribution is 5.24. The largest absolute Gasteiger partial charge is 0.304 e. The van der Waals surface area contributed by atoms with Gasteiger partial charge >= 0.3 is 0 Å². The first kappa shape index (κ1) is 12.8. The van der Waals surface area contributed by atoms with Gasteiger partial charge in [0.05, 0.1) is 5.69 Å². The van der Waals surface area contributed by atoms with E-state index in [0.29, 0.717) is 6.04 Å². The molecule has 1 heterocycles. The summed E-state index contributed by atoms with van der Waals surface area (Å²) >= 11 is 0. The van der Waals surface area contributed by atoms with Crippen molar-refractivity contribution in [2.75, 3.05) is 0 Å². The van der Waals surface area contributed by atoms with Gasteiger partial charge in [0, 0.05) is 25.8 Å². The number of nitrogens with one attached hydrogen (secondary N) is 1. The third-order valence-electron chi connectivity index (χ3n) is 3.13. The van der Waals surface area contributed by atoms with Crippen molar-refractivity contribution in [3.05, 3.63) is 47.3 Å². The summed E-state index contributed by atoms with van der Waals surface area (Å²) in [6.07, 6.45) is 3.02. The zero-order valence-electron chi connectivity index (χ0n) is 11.2. The van der Waals surface area contributed by atoms with Crippen molar-refractivity contribution in [1.29, 1.82) is 0 Å². The van der Waals surface area contributed by atoms with Crippen molar-refractivity contribution >= 4 is 0 Å². The summed E-state index contributed by atoms with van der Waals surface area (Å²) < 4.78 is 1.72. The monoisotopic (exact) mass is 244 g/mol. The quantitative estimate of drug-likeness (QED) is 0.877. The van der Waals surface area contributed by atoms with Gasteiger partial charge in [0.15, 0.2) is 0 Å². The summed E-state index contributed by atoms with van der Waals surface area (Å²) in [6.45, 7) is 5.08. The average molecular weight is 244 g/mol. The summed E-state index contributed by atoms with van der Waals surface area (Å²) in [5.74, 6) is 0. The molecule has 1 atom stereocenters.